The lowest BCUT2D eigenvalue weighted by Crippen LogP contribution is -2.12. The molecule has 0 aromatic heterocycles. The molecule has 0 amide bonds. The Morgan fingerprint density at radius 2 is 0.714 bits per heavy atom. The Bertz CT molecular complexity index is 908. The SMILES string of the molecule is c1ccc(C(CCO[Si]C[Si]OCCC(c2ccccc2)c2ccccc2)c2ccccc2)cc1. The van der Waals surface area contributed by atoms with Gasteiger partial charge in [-0.1, -0.05) is 121 Å². The lowest BCUT2D eigenvalue weighted by Gasteiger charge is -2.18. The number of benzene rings is 4. The molecule has 0 aliphatic heterocycles. The fourth-order valence-corrected chi connectivity index (χ4v) is 6.00. The first kappa shape index (κ1) is 25.3. The van der Waals surface area contributed by atoms with Gasteiger partial charge in [-0.2, -0.15) is 0 Å². The maximum Gasteiger partial charge on any atom is 0.228 e. The molecule has 176 valence electrons. The Kier molecular flexibility index (Phi) is 10.6. The summed E-state index contributed by atoms with van der Waals surface area (Å²) in [5.41, 5.74) is 6.37. The Labute approximate surface area is 215 Å². The number of hydrogen-bond donors (Lipinski definition) is 0. The summed E-state index contributed by atoms with van der Waals surface area (Å²) < 4.78 is 12.1. The van der Waals surface area contributed by atoms with Gasteiger partial charge < -0.3 is 8.85 Å². The van der Waals surface area contributed by atoms with Crippen LogP contribution in [0.1, 0.15) is 46.9 Å². The minimum Gasteiger partial charge on any atom is -0.418 e. The molecular weight excluding hydrogens is 461 g/mol. The highest BCUT2D eigenvalue weighted by Gasteiger charge is 2.15. The van der Waals surface area contributed by atoms with Gasteiger partial charge in [-0.25, -0.2) is 0 Å². The number of hydrogen-bond acceptors (Lipinski definition) is 2. The topological polar surface area (TPSA) is 18.5 Å². The summed E-state index contributed by atoms with van der Waals surface area (Å²) in [7, 11) is 0.972. The molecule has 0 bridgehead atoms. The molecule has 0 saturated carbocycles. The second kappa shape index (κ2) is 14.6. The van der Waals surface area contributed by atoms with Crippen LogP contribution in [0.15, 0.2) is 121 Å². The van der Waals surface area contributed by atoms with E-state index in [2.05, 4.69) is 121 Å². The van der Waals surface area contributed by atoms with E-state index in [1.807, 2.05) is 0 Å². The zero-order valence-corrected chi connectivity index (χ0v) is 22.1. The van der Waals surface area contributed by atoms with Crippen LogP contribution >= 0.6 is 0 Å². The van der Waals surface area contributed by atoms with E-state index in [1.54, 1.807) is 0 Å². The molecule has 4 aromatic rings. The average Bonchev–Trinajstić information content (AvgIpc) is 2.94. The second-order valence-corrected chi connectivity index (χ2v) is 11.1. The Balaban J connectivity index is 1.16. The van der Waals surface area contributed by atoms with Crippen LogP contribution in [0.3, 0.4) is 0 Å². The first-order valence-corrected chi connectivity index (χ1v) is 14.5. The molecule has 0 aliphatic rings. The molecule has 4 rings (SSSR count). The van der Waals surface area contributed by atoms with Crippen LogP contribution in [-0.4, -0.2) is 32.7 Å². The van der Waals surface area contributed by atoms with Gasteiger partial charge in [0, 0.05) is 25.0 Å². The molecule has 0 aliphatic carbocycles. The van der Waals surface area contributed by atoms with Crippen molar-refractivity contribution in [3.05, 3.63) is 144 Å². The number of rotatable bonds is 14. The maximum absolute atomic E-state index is 6.03. The van der Waals surface area contributed by atoms with E-state index in [-0.39, 0.29) is 0 Å². The predicted octanol–water partition coefficient (Wildman–Crippen LogP) is 7.08. The fraction of sp³-hybridized carbons (Fsp3) is 0.226. The van der Waals surface area contributed by atoms with E-state index in [4.69, 9.17) is 8.85 Å². The highest BCUT2D eigenvalue weighted by Crippen LogP contribution is 2.28. The van der Waals surface area contributed by atoms with Crippen molar-refractivity contribution in [2.75, 3.05) is 13.2 Å². The van der Waals surface area contributed by atoms with Gasteiger partial charge >= 0.3 is 0 Å². The molecule has 0 saturated heterocycles. The summed E-state index contributed by atoms with van der Waals surface area (Å²) in [6.07, 6.45) is 1.97. The van der Waals surface area contributed by atoms with Crippen molar-refractivity contribution < 1.29 is 8.85 Å². The normalized spacial score (nSPS) is 11.3. The predicted molar refractivity (Wildman–Crippen MR) is 147 cm³/mol. The van der Waals surface area contributed by atoms with Crippen molar-refractivity contribution in [1.29, 1.82) is 0 Å². The standard InChI is InChI=1S/C31H32O2Si2/c1-5-13-26(14-6-1)30(27-15-7-2-8-16-27)21-23-32-34-25-35-33-24-22-31(28-17-9-3-10-18-28)29-19-11-4-12-20-29/h1-20,30-31H,21-25H2. The summed E-state index contributed by atoms with van der Waals surface area (Å²) in [5.74, 6) is 0.739. The Morgan fingerprint density at radius 1 is 0.429 bits per heavy atom. The van der Waals surface area contributed by atoms with Crippen LogP contribution in [0.5, 0.6) is 0 Å². The summed E-state index contributed by atoms with van der Waals surface area (Å²) >= 11 is 0. The summed E-state index contributed by atoms with van der Waals surface area (Å²) in [4.78, 5) is 0. The third kappa shape index (κ3) is 8.15. The van der Waals surface area contributed by atoms with Crippen LogP contribution < -0.4 is 0 Å². The van der Waals surface area contributed by atoms with Crippen molar-refractivity contribution >= 4 is 19.5 Å². The van der Waals surface area contributed by atoms with E-state index in [0.717, 1.165) is 31.7 Å². The molecule has 35 heavy (non-hydrogen) atoms. The Morgan fingerprint density at radius 3 is 1.00 bits per heavy atom. The molecule has 0 unspecified atom stereocenters. The fourth-order valence-electron chi connectivity index (χ4n) is 4.42. The molecule has 4 heteroatoms. The van der Waals surface area contributed by atoms with Crippen molar-refractivity contribution in [2.45, 2.75) is 30.3 Å². The van der Waals surface area contributed by atoms with Gasteiger partial charge in [-0.3, -0.25) is 0 Å². The van der Waals surface area contributed by atoms with Crippen LogP contribution in [0, 0.1) is 0 Å². The summed E-state index contributed by atoms with van der Waals surface area (Å²) in [6, 6.07) is 43.0. The van der Waals surface area contributed by atoms with E-state index < -0.39 is 0 Å². The van der Waals surface area contributed by atoms with Crippen LogP contribution in [-0.2, 0) is 8.85 Å². The highest BCUT2D eigenvalue weighted by molar-refractivity contribution is 6.48. The zero-order chi connectivity index (χ0) is 24.0. The van der Waals surface area contributed by atoms with Crippen LogP contribution in [0.2, 0.25) is 5.67 Å². The quantitative estimate of drug-likeness (QED) is 0.138. The average molecular weight is 493 g/mol. The van der Waals surface area contributed by atoms with E-state index in [0.29, 0.717) is 31.4 Å². The van der Waals surface area contributed by atoms with E-state index in [9.17, 15) is 0 Å². The van der Waals surface area contributed by atoms with Crippen LogP contribution in [0.4, 0.5) is 0 Å². The molecule has 4 radical (unpaired) electrons. The molecule has 4 aromatic carbocycles. The van der Waals surface area contributed by atoms with Crippen molar-refractivity contribution in [2.24, 2.45) is 0 Å². The molecule has 0 fully saturated rings. The molecule has 0 N–H and O–H groups in total. The van der Waals surface area contributed by atoms with E-state index in [1.165, 1.54) is 22.3 Å². The first-order chi connectivity index (χ1) is 17.4. The maximum atomic E-state index is 6.03. The smallest absolute Gasteiger partial charge is 0.228 e. The highest BCUT2D eigenvalue weighted by atomic mass is 28.3. The van der Waals surface area contributed by atoms with Crippen molar-refractivity contribution in [1.82, 2.24) is 0 Å². The molecule has 0 heterocycles. The van der Waals surface area contributed by atoms with Crippen molar-refractivity contribution in [3.8, 4) is 0 Å². The Hall–Kier alpha value is -2.77. The van der Waals surface area contributed by atoms with Gasteiger partial charge in [0.25, 0.3) is 0 Å². The third-order valence-corrected chi connectivity index (χ3v) is 8.14. The lowest BCUT2D eigenvalue weighted by molar-refractivity contribution is 0.311. The summed E-state index contributed by atoms with van der Waals surface area (Å²) in [5, 5.41) is 0. The molecule has 0 atom stereocenters. The zero-order valence-electron chi connectivity index (χ0n) is 20.1. The summed E-state index contributed by atoms with van der Waals surface area (Å²) in [6.45, 7) is 1.53. The lowest BCUT2D eigenvalue weighted by atomic mass is 9.89. The van der Waals surface area contributed by atoms with Gasteiger partial charge in [0.2, 0.25) is 19.5 Å². The minimum atomic E-state index is 0.369. The first-order valence-electron chi connectivity index (χ1n) is 12.3. The third-order valence-electron chi connectivity index (χ3n) is 6.17. The van der Waals surface area contributed by atoms with E-state index >= 15 is 0 Å². The van der Waals surface area contributed by atoms with Gasteiger partial charge in [0.15, 0.2) is 0 Å². The molecule has 0 spiro atoms. The van der Waals surface area contributed by atoms with Crippen LogP contribution in [0.25, 0.3) is 0 Å². The monoisotopic (exact) mass is 492 g/mol. The van der Waals surface area contributed by atoms with Gasteiger partial charge in [-0.05, 0) is 40.8 Å². The van der Waals surface area contributed by atoms with Crippen molar-refractivity contribution in [3.63, 3.8) is 0 Å². The van der Waals surface area contributed by atoms with Gasteiger partial charge in [0.1, 0.15) is 0 Å². The molecular formula is C31H32O2Si2. The molecule has 2 nitrogen and oxygen atoms in total. The minimum absolute atomic E-state index is 0.369. The van der Waals surface area contributed by atoms with Gasteiger partial charge in [-0.15, -0.1) is 0 Å². The van der Waals surface area contributed by atoms with Gasteiger partial charge in [0.05, 0.1) is 0 Å². The largest absolute Gasteiger partial charge is 0.418 e. The second-order valence-electron chi connectivity index (χ2n) is 8.49.